The second-order valence-corrected chi connectivity index (χ2v) is 5.85. The van der Waals surface area contributed by atoms with Crippen LogP contribution in [-0.2, 0) is 6.61 Å². The first-order valence-electron chi connectivity index (χ1n) is 5.40. The highest BCUT2D eigenvalue weighted by Gasteiger charge is 2.05. The molecule has 94 valence electrons. The van der Waals surface area contributed by atoms with E-state index in [2.05, 4.69) is 15.9 Å². The Morgan fingerprint density at radius 2 is 2.00 bits per heavy atom. The van der Waals surface area contributed by atoms with Gasteiger partial charge in [0.25, 0.3) is 0 Å². The fraction of sp³-hybridized carbons (Fsp3) is 0.143. The van der Waals surface area contributed by atoms with Crippen molar-refractivity contribution in [2.24, 2.45) is 0 Å². The molecule has 0 bridgehead atoms. The molecule has 0 aliphatic heterocycles. The van der Waals surface area contributed by atoms with E-state index >= 15 is 0 Å². The fourth-order valence-corrected chi connectivity index (χ4v) is 2.81. The van der Waals surface area contributed by atoms with Gasteiger partial charge in [-0.05, 0) is 30.5 Å². The summed E-state index contributed by atoms with van der Waals surface area (Å²) in [5, 5.41) is 0.736. The molecular formula is C14H12BrClOS. The molecule has 1 nitrogen and oxygen atoms in total. The summed E-state index contributed by atoms with van der Waals surface area (Å²) in [5.41, 5.74) is 0.995. The molecule has 0 N–H and O–H groups in total. The molecule has 0 aliphatic carbocycles. The van der Waals surface area contributed by atoms with Gasteiger partial charge >= 0.3 is 0 Å². The molecule has 0 aromatic heterocycles. The molecule has 0 atom stereocenters. The Labute approximate surface area is 125 Å². The lowest BCUT2D eigenvalue weighted by Gasteiger charge is -2.11. The van der Waals surface area contributed by atoms with Crippen molar-refractivity contribution in [3.05, 3.63) is 57.5 Å². The van der Waals surface area contributed by atoms with Crippen molar-refractivity contribution in [3.63, 3.8) is 0 Å². The second kappa shape index (κ2) is 6.50. The zero-order valence-corrected chi connectivity index (χ0v) is 13.0. The van der Waals surface area contributed by atoms with Crippen LogP contribution in [0.3, 0.4) is 0 Å². The van der Waals surface area contributed by atoms with E-state index in [9.17, 15) is 0 Å². The zero-order chi connectivity index (χ0) is 13.0. The number of benzene rings is 2. The molecule has 18 heavy (non-hydrogen) atoms. The summed E-state index contributed by atoms with van der Waals surface area (Å²) in [7, 11) is 0. The third-order valence-corrected chi connectivity index (χ3v) is 4.09. The van der Waals surface area contributed by atoms with Crippen LogP contribution >= 0.6 is 39.3 Å². The quantitative estimate of drug-likeness (QED) is 0.687. The van der Waals surface area contributed by atoms with Crippen LogP contribution in [0.2, 0.25) is 5.02 Å². The average molecular weight is 344 g/mol. The van der Waals surface area contributed by atoms with Crippen molar-refractivity contribution in [2.75, 3.05) is 6.26 Å². The minimum Gasteiger partial charge on any atom is -0.488 e. The first-order chi connectivity index (χ1) is 8.70. The minimum absolute atomic E-state index is 0.481. The van der Waals surface area contributed by atoms with Gasteiger partial charge in [-0.25, -0.2) is 0 Å². The molecule has 0 saturated carbocycles. The van der Waals surface area contributed by atoms with Crippen LogP contribution in [-0.4, -0.2) is 6.26 Å². The summed E-state index contributed by atoms with van der Waals surface area (Å²) in [6.45, 7) is 0.481. The lowest BCUT2D eigenvalue weighted by molar-refractivity contribution is 0.299. The standard InChI is InChI=1S/C14H12BrClOS/c1-18-14-8-11(15)6-7-13(14)17-9-10-4-2-3-5-12(10)16/h2-8H,9H2,1H3. The van der Waals surface area contributed by atoms with Crippen molar-refractivity contribution >= 4 is 39.3 Å². The molecular weight excluding hydrogens is 332 g/mol. The molecule has 0 saturated heterocycles. The number of rotatable bonds is 4. The SMILES string of the molecule is CSc1cc(Br)ccc1OCc1ccccc1Cl. The van der Waals surface area contributed by atoms with E-state index in [0.29, 0.717) is 6.61 Å². The molecule has 0 aliphatic rings. The molecule has 0 radical (unpaired) electrons. The van der Waals surface area contributed by atoms with Gasteiger partial charge in [0.2, 0.25) is 0 Å². The van der Waals surface area contributed by atoms with Crippen molar-refractivity contribution in [2.45, 2.75) is 11.5 Å². The largest absolute Gasteiger partial charge is 0.488 e. The van der Waals surface area contributed by atoms with Crippen molar-refractivity contribution in [3.8, 4) is 5.75 Å². The summed E-state index contributed by atoms with van der Waals surface area (Å²) in [6, 6.07) is 13.7. The number of thioether (sulfide) groups is 1. The molecule has 2 aromatic rings. The Morgan fingerprint density at radius 1 is 1.22 bits per heavy atom. The summed E-state index contributed by atoms with van der Waals surface area (Å²) < 4.78 is 6.88. The lowest BCUT2D eigenvalue weighted by Crippen LogP contribution is -1.97. The maximum atomic E-state index is 6.10. The topological polar surface area (TPSA) is 9.23 Å². The van der Waals surface area contributed by atoms with Crippen LogP contribution in [0.15, 0.2) is 51.8 Å². The zero-order valence-electron chi connectivity index (χ0n) is 9.82. The summed E-state index contributed by atoms with van der Waals surface area (Å²) in [5.74, 6) is 0.880. The highest BCUT2D eigenvalue weighted by Crippen LogP contribution is 2.31. The molecule has 2 aromatic carbocycles. The van der Waals surface area contributed by atoms with Crippen LogP contribution in [0.25, 0.3) is 0 Å². The normalized spacial score (nSPS) is 10.4. The van der Waals surface area contributed by atoms with Gasteiger partial charge in [0.05, 0.1) is 4.90 Å². The van der Waals surface area contributed by atoms with Crippen molar-refractivity contribution < 1.29 is 4.74 Å². The van der Waals surface area contributed by atoms with Crippen LogP contribution in [0.1, 0.15) is 5.56 Å². The van der Waals surface area contributed by atoms with Gasteiger partial charge in [-0.3, -0.25) is 0 Å². The molecule has 0 heterocycles. The van der Waals surface area contributed by atoms with Gasteiger partial charge < -0.3 is 4.74 Å². The number of hydrogen-bond acceptors (Lipinski definition) is 2. The molecule has 0 spiro atoms. The minimum atomic E-state index is 0.481. The van der Waals surface area contributed by atoms with E-state index in [4.69, 9.17) is 16.3 Å². The number of halogens is 2. The van der Waals surface area contributed by atoms with E-state index in [1.807, 2.05) is 48.7 Å². The first kappa shape index (κ1) is 13.8. The molecule has 4 heteroatoms. The van der Waals surface area contributed by atoms with E-state index in [1.54, 1.807) is 11.8 Å². The monoisotopic (exact) mass is 342 g/mol. The summed E-state index contributed by atoms with van der Waals surface area (Å²) >= 11 is 11.2. The highest BCUT2D eigenvalue weighted by atomic mass is 79.9. The Bertz CT molecular complexity index is 545. The third kappa shape index (κ3) is 3.44. The van der Waals surface area contributed by atoms with E-state index in [1.165, 1.54) is 0 Å². The Hall–Kier alpha value is -0.640. The third-order valence-electron chi connectivity index (χ3n) is 2.47. The van der Waals surface area contributed by atoms with E-state index < -0.39 is 0 Å². The molecule has 0 amide bonds. The van der Waals surface area contributed by atoms with Crippen LogP contribution < -0.4 is 4.74 Å². The van der Waals surface area contributed by atoms with Gasteiger partial charge in [-0.15, -0.1) is 11.8 Å². The molecule has 0 fully saturated rings. The fourth-order valence-electron chi connectivity index (χ4n) is 1.53. The van der Waals surface area contributed by atoms with Crippen molar-refractivity contribution in [1.29, 1.82) is 0 Å². The highest BCUT2D eigenvalue weighted by molar-refractivity contribution is 9.10. The smallest absolute Gasteiger partial charge is 0.133 e. The second-order valence-electron chi connectivity index (χ2n) is 3.68. The first-order valence-corrected chi connectivity index (χ1v) is 7.80. The maximum Gasteiger partial charge on any atom is 0.133 e. The predicted octanol–water partition coefficient (Wildman–Crippen LogP) is 5.40. The average Bonchev–Trinajstić information content (AvgIpc) is 2.39. The number of hydrogen-bond donors (Lipinski definition) is 0. The Kier molecular flexibility index (Phi) is 4.98. The van der Waals surface area contributed by atoms with Crippen molar-refractivity contribution in [1.82, 2.24) is 0 Å². The van der Waals surface area contributed by atoms with Gasteiger partial charge in [-0.1, -0.05) is 45.7 Å². The lowest BCUT2D eigenvalue weighted by atomic mass is 10.2. The van der Waals surface area contributed by atoms with Gasteiger partial charge in [-0.2, -0.15) is 0 Å². The van der Waals surface area contributed by atoms with Crippen LogP contribution in [0.4, 0.5) is 0 Å². The van der Waals surface area contributed by atoms with E-state index in [-0.39, 0.29) is 0 Å². The van der Waals surface area contributed by atoms with Gasteiger partial charge in [0.15, 0.2) is 0 Å². The van der Waals surface area contributed by atoms with Crippen LogP contribution in [0, 0.1) is 0 Å². The van der Waals surface area contributed by atoms with Crippen LogP contribution in [0.5, 0.6) is 5.75 Å². The molecule has 2 rings (SSSR count). The Morgan fingerprint density at radius 3 is 2.72 bits per heavy atom. The summed E-state index contributed by atoms with van der Waals surface area (Å²) in [4.78, 5) is 1.11. The summed E-state index contributed by atoms with van der Waals surface area (Å²) in [6.07, 6.45) is 2.03. The molecule has 0 unspecified atom stereocenters. The van der Waals surface area contributed by atoms with E-state index in [0.717, 1.165) is 25.7 Å². The van der Waals surface area contributed by atoms with Gasteiger partial charge in [0, 0.05) is 15.1 Å². The Balaban J connectivity index is 2.13. The predicted molar refractivity (Wildman–Crippen MR) is 81.7 cm³/mol. The maximum absolute atomic E-state index is 6.10. The van der Waals surface area contributed by atoms with Gasteiger partial charge in [0.1, 0.15) is 12.4 Å². The number of ether oxygens (including phenoxy) is 1.